The van der Waals surface area contributed by atoms with Crippen LogP contribution in [0.3, 0.4) is 0 Å². The molecule has 2 aliphatic heterocycles. The number of ether oxygens (including phenoxy) is 1. The predicted octanol–water partition coefficient (Wildman–Crippen LogP) is 4.27. The number of carbonyl (C=O) groups is 1. The minimum atomic E-state index is 0.0399. The molecule has 1 aromatic carbocycles. The van der Waals surface area contributed by atoms with Gasteiger partial charge in [-0.2, -0.15) is 0 Å². The van der Waals surface area contributed by atoms with Crippen LogP contribution in [0.25, 0.3) is 10.9 Å². The summed E-state index contributed by atoms with van der Waals surface area (Å²) in [5.41, 5.74) is 5.40. The highest BCUT2D eigenvalue weighted by atomic mass is 16.5. The maximum absolute atomic E-state index is 13.2. The minimum Gasteiger partial charge on any atom is -0.375 e. The quantitative estimate of drug-likeness (QED) is 0.843. The Kier molecular flexibility index (Phi) is 4.11. The first kappa shape index (κ1) is 16.6. The van der Waals surface area contributed by atoms with Crippen LogP contribution in [0.5, 0.6) is 0 Å². The molecule has 0 unspecified atom stereocenters. The summed E-state index contributed by atoms with van der Waals surface area (Å²) >= 11 is 0. The molecule has 2 aliphatic rings. The van der Waals surface area contributed by atoms with E-state index in [2.05, 4.69) is 37.9 Å². The Hall–Kier alpha value is -1.81. The molecule has 134 valence electrons. The van der Waals surface area contributed by atoms with Gasteiger partial charge in [-0.3, -0.25) is 4.79 Å². The van der Waals surface area contributed by atoms with Crippen LogP contribution >= 0.6 is 0 Å². The number of hydrogen-bond acceptors (Lipinski definition) is 2. The van der Waals surface area contributed by atoms with E-state index in [1.165, 1.54) is 16.5 Å². The van der Waals surface area contributed by atoms with E-state index >= 15 is 0 Å². The fourth-order valence-corrected chi connectivity index (χ4v) is 4.67. The number of aryl methyl sites for hydroxylation is 3. The summed E-state index contributed by atoms with van der Waals surface area (Å²) in [6.07, 6.45) is 5.40. The normalized spacial score (nSPS) is 24.2. The first-order valence-electron chi connectivity index (χ1n) is 9.52. The lowest BCUT2D eigenvalue weighted by atomic mass is 9.92. The molecule has 2 aromatic rings. The number of benzene rings is 1. The van der Waals surface area contributed by atoms with Gasteiger partial charge in [-0.05, 0) is 70.1 Å². The molecule has 0 saturated carbocycles. The Morgan fingerprint density at radius 1 is 1.12 bits per heavy atom. The lowest BCUT2D eigenvalue weighted by Gasteiger charge is -2.26. The van der Waals surface area contributed by atoms with E-state index in [-0.39, 0.29) is 11.5 Å². The summed E-state index contributed by atoms with van der Waals surface area (Å²) in [5, 5.41) is 1.17. The van der Waals surface area contributed by atoms with Crippen LogP contribution in [0.15, 0.2) is 12.1 Å². The zero-order chi connectivity index (χ0) is 17.6. The standard InChI is InChI=1S/C21H28N2O2/c1-14-12-15(2)18-17(13-14)16(3)19(22-18)20(24)23-9-4-6-21(8-10-23)7-5-11-25-21/h12-13,22H,4-11H2,1-3H3/t21-/m1/s1. The molecular weight excluding hydrogens is 312 g/mol. The van der Waals surface area contributed by atoms with E-state index in [0.717, 1.165) is 68.6 Å². The second-order valence-electron chi connectivity index (χ2n) is 7.91. The molecule has 1 aromatic heterocycles. The smallest absolute Gasteiger partial charge is 0.270 e. The number of likely N-dealkylation sites (tertiary alicyclic amines) is 1. The number of fused-ring (bicyclic) bond motifs is 1. The molecular formula is C21H28N2O2. The molecule has 1 spiro atoms. The van der Waals surface area contributed by atoms with Crippen LogP contribution in [0, 0.1) is 20.8 Å². The van der Waals surface area contributed by atoms with Gasteiger partial charge in [0.1, 0.15) is 5.69 Å². The number of amides is 1. The Balaban J connectivity index is 1.61. The molecule has 4 nitrogen and oxygen atoms in total. The van der Waals surface area contributed by atoms with Gasteiger partial charge in [0.2, 0.25) is 0 Å². The van der Waals surface area contributed by atoms with Gasteiger partial charge in [0, 0.05) is 30.6 Å². The van der Waals surface area contributed by atoms with Crippen molar-refractivity contribution >= 4 is 16.8 Å². The SMILES string of the molecule is Cc1cc(C)c2[nH]c(C(=O)N3CCC[C@@]4(CCCO4)CC3)c(C)c2c1. The topological polar surface area (TPSA) is 45.3 Å². The highest BCUT2D eigenvalue weighted by molar-refractivity contribution is 6.01. The molecule has 4 rings (SSSR count). The van der Waals surface area contributed by atoms with Crippen molar-refractivity contribution in [2.24, 2.45) is 0 Å². The van der Waals surface area contributed by atoms with Crippen molar-refractivity contribution in [1.29, 1.82) is 0 Å². The summed E-state index contributed by atoms with van der Waals surface area (Å²) in [5.74, 6) is 0.140. The number of H-pyrrole nitrogens is 1. The van der Waals surface area contributed by atoms with Crippen LogP contribution in [0.1, 0.15) is 59.3 Å². The Morgan fingerprint density at radius 3 is 2.68 bits per heavy atom. The first-order valence-corrected chi connectivity index (χ1v) is 9.52. The van der Waals surface area contributed by atoms with Crippen molar-refractivity contribution in [1.82, 2.24) is 9.88 Å². The van der Waals surface area contributed by atoms with E-state index in [4.69, 9.17) is 4.74 Å². The zero-order valence-corrected chi connectivity index (χ0v) is 15.6. The zero-order valence-electron chi connectivity index (χ0n) is 15.6. The summed E-state index contributed by atoms with van der Waals surface area (Å²) in [6, 6.07) is 4.34. The molecule has 2 fully saturated rings. The number of carbonyl (C=O) groups excluding carboxylic acids is 1. The fourth-order valence-electron chi connectivity index (χ4n) is 4.67. The summed E-state index contributed by atoms with van der Waals surface area (Å²) in [7, 11) is 0. The van der Waals surface area contributed by atoms with Gasteiger partial charge in [0.05, 0.1) is 5.60 Å². The fraction of sp³-hybridized carbons (Fsp3) is 0.571. The van der Waals surface area contributed by atoms with Crippen LogP contribution in [-0.2, 0) is 4.74 Å². The maximum atomic E-state index is 13.2. The number of hydrogen-bond donors (Lipinski definition) is 1. The molecule has 2 saturated heterocycles. The number of aromatic amines is 1. The van der Waals surface area contributed by atoms with Crippen LogP contribution < -0.4 is 0 Å². The third-order valence-electron chi connectivity index (χ3n) is 6.09. The molecule has 1 amide bonds. The van der Waals surface area contributed by atoms with Crippen molar-refractivity contribution in [3.8, 4) is 0 Å². The van der Waals surface area contributed by atoms with Crippen molar-refractivity contribution in [3.05, 3.63) is 34.5 Å². The lowest BCUT2D eigenvalue weighted by Crippen LogP contribution is -2.34. The van der Waals surface area contributed by atoms with Gasteiger partial charge >= 0.3 is 0 Å². The van der Waals surface area contributed by atoms with E-state index in [9.17, 15) is 4.79 Å². The second kappa shape index (κ2) is 6.17. The van der Waals surface area contributed by atoms with Gasteiger partial charge < -0.3 is 14.6 Å². The maximum Gasteiger partial charge on any atom is 0.270 e. The highest BCUT2D eigenvalue weighted by Crippen LogP contribution is 2.36. The average molecular weight is 340 g/mol. The highest BCUT2D eigenvalue weighted by Gasteiger charge is 2.37. The van der Waals surface area contributed by atoms with Crippen molar-refractivity contribution < 1.29 is 9.53 Å². The second-order valence-corrected chi connectivity index (χ2v) is 7.91. The average Bonchev–Trinajstić information content (AvgIpc) is 3.09. The van der Waals surface area contributed by atoms with Crippen molar-refractivity contribution in [3.63, 3.8) is 0 Å². The molecule has 1 N–H and O–H groups in total. The minimum absolute atomic E-state index is 0.0399. The molecule has 3 heterocycles. The largest absolute Gasteiger partial charge is 0.375 e. The molecule has 0 radical (unpaired) electrons. The van der Waals surface area contributed by atoms with E-state index in [1.54, 1.807) is 0 Å². The van der Waals surface area contributed by atoms with Crippen LogP contribution in [-0.4, -0.2) is 41.1 Å². The molecule has 0 bridgehead atoms. The van der Waals surface area contributed by atoms with Crippen molar-refractivity contribution in [2.75, 3.05) is 19.7 Å². The van der Waals surface area contributed by atoms with Crippen molar-refractivity contribution in [2.45, 2.75) is 58.5 Å². The number of rotatable bonds is 1. The van der Waals surface area contributed by atoms with Gasteiger partial charge in [-0.15, -0.1) is 0 Å². The van der Waals surface area contributed by atoms with Gasteiger partial charge in [-0.25, -0.2) is 0 Å². The van der Waals surface area contributed by atoms with E-state index in [1.807, 2.05) is 4.90 Å². The summed E-state index contributed by atoms with van der Waals surface area (Å²) in [6.45, 7) is 8.78. The monoisotopic (exact) mass is 340 g/mol. The Morgan fingerprint density at radius 2 is 1.92 bits per heavy atom. The number of nitrogens with zero attached hydrogens (tertiary/aromatic N) is 1. The van der Waals surface area contributed by atoms with E-state index < -0.39 is 0 Å². The van der Waals surface area contributed by atoms with Gasteiger partial charge in [0.25, 0.3) is 5.91 Å². The Labute approximate surface area is 149 Å². The number of aromatic nitrogens is 1. The summed E-state index contributed by atoms with van der Waals surface area (Å²) < 4.78 is 6.05. The first-order chi connectivity index (χ1) is 12.0. The third-order valence-corrected chi connectivity index (χ3v) is 6.09. The third kappa shape index (κ3) is 2.86. The molecule has 25 heavy (non-hydrogen) atoms. The van der Waals surface area contributed by atoms with Gasteiger partial charge in [-0.1, -0.05) is 11.6 Å². The van der Waals surface area contributed by atoms with Crippen LogP contribution in [0.4, 0.5) is 0 Å². The molecule has 4 heteroatoms. The Bertz CT molecular complexity index is 815. The molecule has 1 atom stereocenters. The van der Waals surface area contributed by atoms with E-state index in [0.29, 0.717) is 0 Å². The van der Waals surface area contributed by atoms with Gasteiger partial charge in [0.15, 0.2) is 0 Å². The van der Waals surface area contributed by atoms with Crippen LogP contribution in [0.2, 0.25) is 0 Å². The molecule has 0 aliphatic carbocycles. The predicted molar refractivity (Wildman–Crippen MR) is 100 cm³/mol. The summed E-state index contributed by atoms with van der Waals surface area (Å²) in [4.78, 5) is 18.6. The number of nitrogens with one attached hydrogen (secondary N) is 1. The lowest BCUT2D eigenvalue weighted by molar-refractivity contribution is -0.00692.